The molecule has 0 bridgehead atoms. The lowest BCUT2D eigenvalue weighted by Gasteiger charge is -2.09. The maximum absolute atomic E-state index is 13.1. The molecule has 4 nitrogen and oxygen atoms in total. The molecule has 1 heterocycles. The molecule has 2 aromatic rings. The van der Waals surface area contributed by atoms with Crippen molar-refractivity contribution < 1.29 is 4.39 Å². The number of nitrogens with zero attached hydrogens (tertiary/aromatic N) is 3. The first-order chi connectivity index (χ1) is 9.61. The standard InChI is InChI=1S/C12H10ClFN4S2/c1-20-6-17-11-10(19)12(16-5-15-11)18-7-2-3-9(14)8(13)4-7/h2-6,19H,1H3,(H,15,16,18). The zero-order valence-corrected chi connectivity index (χ0v) is 12.8. The number of benzene rings is 1. The normalized spacial score (nSPS) is 11.0. The maximum atomic E-state index is 13.1. The van der Waals surface area contributed by atoms with Gasteiger partial charge in [0.1, 0.15) is 18.0 Å². The Hall–Kier alpha value is -1.31. The van der Waals surface area contributed by atoms with Gasteiger partial charge < -0.3 is 5.32 Å². The van der Waals surface area contributed by atoms with Gasteiger partial charge in [-0.25, -0.2) is 19.4 Å². The fourth-order valence-electron chi connectivity index (χ4n) is 1.37. The summed E-state index contributed by atoms with van der Waals surface area (Å²) < 4.78 is 13.1. The average Bonchev–Trinajstić information content (AvgIpc) is 2.44. The van der Waals surface area contributed by atoms with Crippen molar-refractivity contribution in [1.82, 2.24) is 9.97 Å². The van der Waals surface area contributed by atoms with Crippen molar-refractivity contribution in [2.24, 2.45) is 4.99 Å². The summed E-state index contributed by atoms with van der Waals surface area (Å²) in [5, 5.41) is 3.03. The lowest BCUT2D eigenvalue weighted by atomic mass is 10.3. The topological polar surface area (TPSA) is 50.2 Å². The number of aliphatic imine (C=N–C) groups is 1. The molecule has 0 aliphatic heterocycles. The molecule has 104 valence electrons. The van der Waals surface area contributed by atoms with Crippen LogP contribution in [0.2, 0.25) is 5.02 Å². The Kier molecular flexibility index (Phi) is 5.22. The number of anilines is 2. The van der Waals surface area contributed by atoms with E-state index >= 15 is 0 Å². The van der Waals surface area contributed by atoms with Gasteiger partial charge in [-0.1, -0.05) is 11.6 Å². The number of aromatic nitrogens is 2. The molecule has 0 saturated heterocycles. The van der Waals surface area contributed by atoms with E-state index < -0.39 is 5.82 Å². The summed E-state index contributed by atoms with van der Waals surface area (Å²) >= 11 is 11.5. The highest BCUT2D eigenvalue weighted by Gasteiger charge is 2.08. The van der Waals surface area contributed by atoms with Gasteiger partial charge in [-0.3, -0.25) is 0 Å². The van der Waals surface area contributed by atoms with E-state index in [1.54, 1.807) is 11.6 Å². The minimum atomic E-state index is -0.476. The Morgan fingerprint density at radius 2 is 2.25 bits per heavy atom. The van der Waals surface area contributed by atoms with E-state index in [2.05, 4.69) is 32.9 Å². The average molecular weight is 329 g/mol. The van der Waals surface area contributed by atoms with Crippen molar-refractivity contribution in [2.45, 2.75) is 4.90 Å². The van der Waals surface area contributed by atoms with Gasteiger partial charge in [0.2, 0.25) is 0 Å². The highest BCUT2D eigenvalue weighted by atomic mass is 35.5. The van der Waals surface area contributed by atoms with Crippen molar-refractivity contribution in [3.8, 4) is 0 Å². The molecule has 1 N–H and O–H groups in total. The van der Waals surface area contributed by atoms with Crippen LogP contribution in [0.3, 0.4) is 0 Å². The number of hydrogen-bond acceptors (Lipinski definition) is 6. The second-order valence-corrected chi connectivity index (χ2v) is 5.16. The number of thiol groups is 1. The smallest absolute Gasteiger partial charge is 0.171 e. The van der Waals surface area contributed by atoms with E-state index in [9.17, 15) is 4.39 Å². The van der Waals surface area contributed by atoms with Crippen LogP contribution >= 0.6 is 36.0 Å². The van der Waals surface area contributed by atoms with Gasteiger partial charge in [-0.15, -0.1) is 24.4 Å². The number of nitrogens with one attached hydrogen (secondary N) is 1. The van der Waals surface area contributed by atoms with Gasteiger partial charge in [-0.2, -0.15) is 0 Å². The summed E-state index contributed by atoms with van der Waals surface area (Å²) in [6.07, 6.45) is 3.27. The van der Waals surface area contributed by atoms with Gasteiger partial charge >= 0.3 is 0 Å². The van der Waals surface area contributed by atoms with Gasteiger partial charge in [0.05, 0.1) is 15.5 Å². The summed E-state index contributed by atoms with van der Waals surface area (Å²) in [6.45, 7) is 0. The van der Waals surface area contributed by atoms with Crippen molar-refractivity contribution in [2.75, 3.05) is 11.6 Å². The summed E-state index contributed by atoms with van der Waals surface area (Å²) in [4.78, 5) is 12.7. The maximum Gasteiger partial charge on any atom is 0.171 e. The zero-order chi connectivity index (χ0) is 14.5. The first-order valence-corrected chi connectivity index (χ1v) is 7.54. The van der Waals surface area contributed by atoms with Crippen LogP contribution in [-0.2, 0) is 0 Å². The molecule has 0 radical (unpaired) electrons. The van der Waals surface area contributed by atoms with E-state index in [1.807, 2.05) is 6.26 Å². The number of rotatable bonds is 4. The van der Waals surface area contributed by atoms with Crippen LogP contribution in [0, 0.1) is 5.82 Å². The van der Waals surface area contributed by atoms with Crippen LogP contribution in [0.4, 0.5) is 21.7 Å². The van der Waals surface area contributed by atoms with Gasteiger partial charge in [-0.05, 0) is 24.5 Å². The number of thioether (sulfide) groups is 1. The third kappa shape index (κ3) is 3.62. The molecule has 0 spiro atoms. The van der Waals surface area contributed by atoms with Crippen LogP contribution in [0.15, 0.2) is 34.4 Å². The van der Waals surface area contributed by atoms with Crippen molar-refractivity contribution in [1.29, 1.82) is 0 Å². The molecular weight excluding hydrogens is 319 g/mol. The van der Waals surface area contributed by atoms with E-state index in [4.69, 9.17) is 11.6 Å². The van der Waals surface area contributed by atoms with Crippen molar-refractivity contribution >= 4 is 58.9 Å². The number of hydrogen-bond donors (Lipinski definition) is 2. The molecule has 2 rings (SSSR count). The Balaban J connectivity index is 2.29. The number of halogens is 2. The molecule has 0 amide bonds. The zero-order valence-electron chi connectivity index (χ0n) is 10.3. The molecule has 0 aliphatic carbocycles. The predicted octanol–water partition coefficient (Wildman–Crippen LogP) is 4.32. The Bertz CT molecular complexity index is 651. The molecule has 1 aromatic heterocycles. The van der Waals surface area contributed by atoms with Crippen LogP contribution in [-0.4, -0.2) is 21.8 Å². The Labute approximate surface area is 130 Å². The van der Waals surface area contributed by atoms with Crippen LogP contribution in [0.5, 0.6) is 0 Å². The van der Waals surface area contributed by atoms with Crippen LogP contribution < -0.4 is 5.32 Å². The molecule has 0 unspecified atom stereocenters. The molecular formula is C12H10ClFN4S2. The first-order valence-electron chi connectivity index (χ1n) is 5.43. The highest BCUT2D eigenvalue weighted by Crippen LogP contribution is 2.29. The summed E-state index contributed by atoms with van der Waals surface area (Å²) in [5.74, 6) is 0.448. The second-order valence-electron chi connectivity index (χ2n) is 3.62. The Morgan fingerprint density at radius 1 is 1.45 bits per heavy atom. The quantitative estimate of drug-likeness (QED) is 0.498. The largest absolute Gasteiger partial charge is 0.339 e. The summed E-state index contributed by atoms with van der Waals surface area (Å²) in [7, 11) is 0. The van der Waals surface area contributed by atoms with Gasteiger partial charge in [0.25, 0.3) is 0 Å². The minimum absolute atomic E-state index is 0.0328. The second kappa shape index (κ2) is 6.92. The van der Waals surface area contributed by atoms with Gasteiger partial charge in [0, 0.05) is 5.69 Å². The van der Waals surface area contributed by atoms with E-state index in [0.717, 1.165) is 0 Å². The molecule has 0 saturated carbocycles. The highest BCUT2D eigenvalue weighted by molar-refractivity contribution is 8.11. The lowest BCUT2D eigenvalue weighted by molar-refractivity contribution is 0.628. The molecule has 8 heteroatoms. The SMILES string of the molecule is CSC=Nc1ncnc(Nc2ccc(F)c(Cl)c2)c1S. The van der Waals surface area contributed by atoms with Crippen LogP contribution in [0.1, 0.15) is 0 Å². The van der Waals surface area contributed by atoms with Crippen molar-refractivity contribution in [3.05, 3.63) is 35.4 Å². The third-order valence-electron chi connectivity index (χ3n) is 2.27. The first kappa shape index (κ1) is 15.1. The molecule has 0 fully saturated rings. The van der Waals surface area contributed by atoms with E-state index in [0.29, 0.717) is 22.2 Å². The third-order valence-corrected chi connectivity index (χ3v) is 3.28. The molecule has 0 aliphatic rings. The monoisotopic (exact) mass is 328 g/mol. The van der Waals surface area contributed by atoms with Crippen LogP contribution in [0.25, 0.3) is 0 Å². The molecule has 20 heavy (non-hydrogen) atoms. The van der Waals surface area contributed by atoms with Crippen molar-refractivity contribution in [3.63, 3.8) is 0 Å². The van der Waals surface area contributed by atoms with Gasteiger partial charge in [0.15, 0.2) is 5.82 Å². The Morgan fingerprint density at radius 3 is 2.95 bits per heavy atom. The summed E-state index contributed by atoms with van der Waals surface area (Å²) in [5.41, 5.74) is 2.26. The lowest BCUT2D eigenvalue weighted by Crippen LogP contribution is -1.96. The predicted molar refractivity (Wildman–Crippen MR) is 85.6 cm³/mol. The van der Waals surface area contributed by atoms with E-state index in [1.165, 1.54) is 30.2 Å². The van der Waals surface area contributed by atoms with E-state index in [-0.39, 0.29) is 5.02 Å². The fourth-order valence-corrected chi connectivity index (χ4v) is 1.98. The summed E-state index contributed by atoms with van der Waals surface area (Å²) in [6, 6.07) is 4.30. The minimum Gasteiger partial charge on any atom is -0.339 e. The fraction of sp³-hybridized carbons (Fsp3) is 0.0833. The molecule has 0 atom stereocenters. The molecule has 1 aromatic carbocycles.